The first-order chi connectivity index (χ1) is 15.6. The Hall–Kier alpha value is -0.890. The van der Waals surface area contributed by atoms with E-state index in [-0.39, 0.29) is 43.2 Å². The van der Waals surface area contributed by atoms with E-state index >= 15 is 0 Å². The van der Waals surface area contributed by atoms with Crippen LogP contribution in [-0.2, 0) is 23.7 Å². The van der Waals surface area contributed by atoms with Crippen LogP contribution in [0.15, 0.2) is 5.11 Å². The maximum absolute atomic E-state index is 8.64. The molecule has 0 amide bonds. The summed E-state index contributed by atoms with van der Waals surface area (Å²) in [7, 11) is 3.33. The van der Waals surface area contributed by atoms with Crippen LogP contribution in [0.5, 0.6) is 0 Å². The highest BCUT2D eigenvalue weighted by Crippen LogP contribution is 2.51. The number of methoxy groups -OCH3 is 2. The summed E-state index contributed by atoms with van der Waals surface area (Å²) in [6, 6.07) is 0. The van der Waals surface area contributed by atoms with E-state index in [4.69, 9.17) is 29.2 Å². The summed E-state index contributed by atoms with van der Waals surface area (Å²) in [5.74, 6) is 1.92. The third-order valence-corrected chi connectivity index (χ3v) is 8.06. The van der Waals surface area contributed by atoms with Gasteiger partial charge < -0.3 is 23.7 Å². The third kappa shape index (κ3) is 5.85. The highest BCUT2D eigenvalue weighted by atomic mass is 16.7. The Morgan fingerprint density at radius 3 is 2.30 bits per heavy atom. The fourth-order valence-corrected chi connectivity index (χ4v) is 6.68. The quantitative estimate of drug-likeness (QED) is 0.259. The average Bonchev–Trinajstić information content (AvgIpc) is 3.17. The van der Waals surface area contributed by atoms with Crippen LogP contribution in [0.1, 0.15) is 67.2 Å². The van der Waals surface area contributed by atoms with Crippen molar-refractivity contribution >= 4 is 0 Å². The molecule has 0 aromatic heterocycles. The van der Waals surface area contributed by atoms with Crippen molar-refractivity contribution in [3.8, 4) is 0 Å². The van der Waals surface area contributed by atoms with Crippen molar-refractivity contribution < 1.29 is 23.7 Å². The highest BCUT2D eigenvalue weighted by Gasteiger charge is 2.56. The molecule has 0 aliphatic carbocycles. The number of nitrogens with zero attached hydrogens (tertiary/aromatic N) is 3. The molecule has 3 rings (SSSR count). The predicted molar refractivity (Wildman–Crippen MR) is 127 cm³/mol. The van der Waals surface area contributed by atoms with Crippen molar-refractivity contribution in [2.45, 2.75) is 110 Å². The summed E-state index contributed by atoms with van der Waals surface area (Å²) in [5, 5.41) is 3.66. The smallest absolute Gasteiger partial charge is 0.169 e. The van der Waals surface area contributed by atoms with Crippen LogP contribution in [-0.4, -0.2) is 63.2 Å². The molecule has 0 radical (unpaired) electrons. The van der Waals surface area contributed by atoms with Crippen molar-refractivity contribution in [1.82, 2.24) is 0 Å². The molecule has 3 saturated heterocycles. The van der Waals surface area contributed by atoms with Gasteiger partial charge in [0.2, 0.25) is 0 Å². The fourth-order valence-electron chi connectivity index (χ4n) is 6.68. The molecule has 3 aliphatic heterocycles. The molecule has 10 unspecified atom stereocenters. The first-order valence-electron chi connectivity index (χ1n) is 12.7. The van der Waals surface area contributed by atoms with Crippen LogP contribution in [0.2, 0.25) is 0 Å². The van der Waals surface area contributed by atoms with Crippen molar-refractivity contribution in [2.24, 2.45) is 34.7 Å². The zero-order valence-electron chi connectivity index (χ0n) is 21.8. The van der Waals surface area contributed by atoms with Crippen LogP contribution in [0.3, 0.4) is 0 Å². The summed E-state index contributed by atoms with van der Waals surface area (Å²) >= 11 is 0. The lowest BCUT2D eigenvalue weighted by atomic mass is 9.70. The van der Waals surface area contributed by atoms with E-state index in [9.17, 15) is 0 Å². The lowest BCUT2D eigenvalue weighted by Gasteiger charge is -2.54. The van der Waals surface area contributed by atoms with E-state index in [1.165, 1.54) is 0 Å². The Bertz CT molecular complexity index is 685. The molecule has 0 aromatic carbocycles. The first kappa shape index (κ1) is 26.7. The topological polar surface area (TPSA) is 94.9 Å². The molecule has 10 atom stereocenters. The van der Waals surface area contributed by atoms with Crippen LogP contribution in [0.25, 0.3) is 10.4 Å². The van der Waals surface area contributed by atoms with Crippen molar-refractivity contribution in [3.63, 3.8) is 0 Å². The number of fused-ring (bicyclic) bond motifs is 1. The maximum Gasteiger partial charge on any atom is 0.169 e. The standard InChI is InChI=1S/C25H45N3O5/c1-14(2)22-16(5)11-25(33-23(22)15(3)4)12-17(6)24-21(32-25)10-20(31-24)19(30-8)9-18(29-7)13-27-28-26/h14-24H,9-13H2,1-8H3. The molecule has 3 fully saturated rings. The molecule has 190 valence electrons. The van der Waals surface area contributed by atoms with Gasteiger partial charge >= 0.3 is 0 Å². The lowest BCUT2D eigenvalue weighted by Crippen LogP contribution is -2.59. The summed E-state index contributed by atoms with van der Waals surface area (Å²) in [5.41, 5.74) is 8.64. The molecule has 3 heterocycles. The van der Waals surface area contributed by atoms with Gasteiger partial charge in [0.25, 0.3) is 0 Å². The van der Waals surface area contributed by atoms with E-state index in [1.54, 1.807) is 14.2 Å². The molecule has 3 aliphatic rings. The van der Waals surface area contributed by atoms with E-state index in [2.05, 4.69) is 51.6 Å². The van der Waals surface area contributed by atoms with E-state index in [0.29, 0.717) is 36.0 Å². The molecule has 0 bridgehead atoms. The third-order valence-electron chi connectivity index (χ3n) is 8.06. The Kier molecular flexibility index (Phi) is 9.09. The van der Waals surface area contributed by atoms with Gasteiger partial charge in [0.05, 0.1) is 43.2 Å². The summed E-state index contributed by atoms with van der Waals surface area (Å²) in [4.78, 5) is 2.85. The van der Waals surface area contributed by atoms with Crippen LogP contribution >= 0.6 is 0 Å². The molecule has 0 N–H and O–H groups in total. The molecular formula is C25H45N3O5. The summed E-state index contributed by atoms with van der Waals surface area (Å²) in [6.45, 7) is 14.1. The summed E-state index contributed by atoms with van der Waals surface area (Å²) < 4.78 is 31.5. The molecule has 1 spiro atoms. The second-order valence-electron chi connectivity index (χ2n) is 11.2. The fraction of sp³-hybridized carbons (Fsp3) is 1.00. The molecule has 0 aromatic rings. The zero-order valence-corrected chi connectivity index (χ0v) is 21.8. The van der Waals surface area contributed by atoms with Gasteiger partial charge in [-0.2, -0.15) is 0 Å². The number of rotatable bonds is 9. The van der Waals surface area contributed by atoms with Gasteiger partial charge in [-0.05, 0) is 35.1 Å². The minimum Gasteiger partial charge on any atom is -0.381 e. The van der Waals surface area contributed by atoms with Crippen LogP contribution in [0, 0.1) is 29.6 Å². The predicted octanol–water partition coefficient (Wildman–Crippen LogP) is 5.35. The minimum absolute atomic E-state index is 0.00913. The SMILES string of the molecule is COC(CN=[N+]=[N-])CC(OC)C1CC2OC3(CC(C)C2O1)CC(C)C(C(C)C)C(C(C)C)O3. The van der Waals surface area contributed by atoms with Gasteiger partial charge in [0, 0.05) is 44.8 Å². The average molecular weight is 468 g/mol. The largest absolute Gasteiger partial charge is 0.381 e. The van der Waals surface area contributed by atoms with Gasteiger partial charge in [-0.15, -0.1) is 0 Å². The molecule has 0 saturated carbocycles. The monoisotopic (exact) mass is 467 g/mol. The van der Waals surface area contributed by atoms with E-state index in [0.717, 1.165) is 19.3 Å². The molecular weight excluding hydrogens is 422 g/mol. The number of hydrogen-bond acceptors (Lipinski definition) is 6. The van der Waals surface area contributed by atoms with Gasteiger partial charge in [-0.1, -0.05) is 46.7 Å². The minimum atomic E-state index is -0.530. The van der Waals surface area contributed by atoms with E-state index in [1.807, 2.05) is 0 Å². The summed E-state index contributed by atoms with van der Waals surface area (Å²) in [6.07, 6.45) is 2.95. The second-order valence-corrected chi connectivity index (χ2v) is 11.2. The number of hydrogen-bond donors (Lipinski definition) is 0. The molecule has 8 nitrogen and oxygen atoms in total. The molecule has 33 heavy (non-hydrogen) atoms. The molecule has 8 heteroatoms. The Balaban J connectivity index is 1.72. The van der Waals surface area contributed by atoms with Gasteiger partial charge in [0.1, 0.15) is 0 Å². The van der Waals surface area contributed by atoms with Gasteiger partial charge in [-0.3, -0.25) is 0 Å². The Morgan fingerprint density at radius 2 is 1.73 bits per heavy atom. The Labute approximate surface area is 199 Å². The van der Waals surface area contributed by atoms with E-state index < -0.39 is 5.79 Å². The second kappa shape index (κ2) is 11.2. The number of azide groups is 1. The maximum atomic E-state index is 8.64. The first-order valence-corrected chi connectivity index (χ1v) is 12.7. The normalized spacial score (nSPS) is 40.6. The van der Waals surface area contributed by atoms with Crippen molar-refractivity contribution in [2.75, 3.05) is 20.8 Å². The highest BCUT2D eigenvalue weighted by molar-refractivity contribution is 5.00. The van der Waals surface area contributed by atoms with Crippen molar-refractivity contribution in [1.29, 1.82) is 0 Å². The lowest BCUT2D eigenvalue weighted by molar-refractivity contribution is -0.355. The Morgan fingerprint density at radius 1 is 1.03 bits per heavy atom. The zero-order chi connectivity index (χ0) is 24.3. The van der Waals surface area contributed by atoms with Crippen LogP contribution in [0.4, 0.5) is 0 Å². The van der Waals surface area contributed by atoms with Crippen molar-refractivity contribution in [3.05, 3.63) is 10.4 Å². The van der Waals surface area contributed by atoms with Gasteiger partial charge in [0.15, 0.2) is 5.79 Å². The van der Waals surface area contributed by atoms with Crippen LogP contribution < -0.4 is 0 Å². The van der Waals surface area contributed by atoms with Gasteiger partial charge in [-0.25, -0.2) is 0 Å². The number of ether oxygens (including phenoxy) is 5.